The van der Waals surface area contributed by atoms with Crippen LogP contribution in [0.25, 0.3) is 0 Å². The molecular formula is C28H44N4O5S. The predicted octanol–water partition coefficient (Wildman–Crippen LogP) is 2.25. The van der Waals surface area contributed by atoms with Crippen LogP contribution in [-0.2, 0) is 19.6 Å². The van der Waals surface area contributed by atoms with Crippen LogP contribution in [0.5, 0.6) is 5.75 Å². The van der Waals surface area contributed by atoms with E-state index in [1.165, 1.54) is 42.8 Å². The van der Waals surface area contributed by atoms with Gasteiger partial charge in [0.15, 0.2) is 0 Å². The smallest absolute Gasteiger partial charge is 0.248 e. The first-order valence-electron chi connectivity index (χ1n) is 14.2. The van der Waals surface area contributed by atoms with Crippen LogP contribution < -0.4 is 4.74 Å². The zero-order chi connectivity index (χ0) is 27.0. The third kappa shape index (κ3) is 5.75. The minimum atomic E-state index is -3.68. The van der Waals surface area contributed by atoms with Gasteiger partial charge in [-0.05, 0) is 75.6 Å². The molecule has 4 fully saturated rings. The Labute approximate surface area is 228 Å². The van der Waals surface area contributed by atoms with Crippen LogP contribution in [0.3, 0.4) is 0 Å². The summed E-state index contributed by atoms with van der Waals surface area (Å²) >= 11 is 0. The van der Waals surface area contributed by atoms with Gasteiger partial charge in [-0.2, -0.15) is 4.31 Å². The molecular weight excluding hydrogens is 504 g/mol. The van der Waals surface area contributed by atoms with Gasteiger partial charge in [-0.3, -0.25) is 14.6 Å². The second kappa shape index (κ2) is 11.4. The summed E-state index contributed by atoms with van der Waals surface area (Å²) < 4.78 is 38.5. The first-order chi connectivity index (χ1) is 18.2. The number of nitrogens with zero attached hydrogens (tertiary/aromatic N) is 4. The molecule has 38 heavy (non-hydrogen) atoms. The summed E-state index contributed by atoms with van der Waals surface area (Å²) in [4.78, 5) is 20.4. The molecule has 1 aromatic carbocycles. The number of piperidine rings is 1. The van der Waals surface area contributed by atoms with E-state index in [0.29, 0.717) is 27.8 Å². The molecule has 0 radical (unpaired) electrons. The molecule has 0 N–H and O–H groups in total. The number of benzene rings is 1. The zero-order valence-corrected chi connectivity index (χ0v) is 24.2. The molecule has 1 saturated carbocycles. The van der Waals surface area contributed by atoms with Crippen molar-refractivity contribution in [2.24, 2.45) is 0 Å². The number of hydrogen-bond donors (Lipinski definition) is 0. The Balaban J connectivity index is 1.03. The Morgan fingerprint density at radius 1 is 0.947 bits per heavy atom. The van der Waals surface area contributed by atoms with Crippen molar-refractivity contribution < 1.29 is 22.7 Å². The number of methoxy groups -OCH3 is 1. The number of fused-ring (bicyclic) bond motifs is 2. The molecule has 212 valence electrons. The van der Waals surface area contributed by atoms with Crippen LogP contribution in [0.1, 0.15) is 49.7 Å². The number of rotatable bonds is 10. The van der Waals surface area contributed by atoms with E-state index < -0.39 is 10.0 Å². The van der Waals surface area contributed by atoms with Gasteiger partial charge in [-0.1, -0.05) is 0 Å². The van der Waals surface area contributed by atoms with Gasteiger partial charge in [-0.25, -0.2) is 8.42 Å². The Morgan fingerprint density at radius 2 is 1.53 bits per heavy atom. The number of piperazine rings is 1. The van der Waals surface area contributed by atoms with Gasteiger partial charge in [0.1, 0.15) is 12.4 Å². The fourth-order valence-electron chi connectivity index (χ4n) is 6.94. The molecule has 5 rings (SSSR count). The molecule has 2 atom stereocenters. The number of amides is 1. The number of sulfonamides is 1. The quantitative estimate of drug-likeness (QED) is 0.415. The molecule has 0 aromatic heterocycles. The molecule has 1 aromatic rings. The van der Waals surface area contributed by atoms with Crippen molar-refractivity contribution in [3.63, 3.8) is 0 Å². The highest BCUT2D eigenvalue weighted by atomic mass is 32.2. The zero-order valence-electron chi connectivity index (χ0n) is 23.4. The number of carbonyl (C=O) groups excluding carboxylic acids is 1. The maximum Gasteiger partial charge on any atom is 0.248 e. The highest BCUT2D eigenvalue weighted by Crippen LogP contribution is 2.44. The highest BCUT2D eigenvalue weighted by Gasteiger charge is 2.48. The molecule has 1 aliphatic carbocycles. The normalized spacial score (nSPS) is 26.8. The third-order valence-corrected chi connectivity index (χ3v) is 11.2. The van der Waals surface area contributed by atoms with Gasteiger partial charge in [-0.15, -0.1) is 0 Å². The molecule has 4 aliphatic rings. The molecule has 9 nitrogen and oxygen atoms in total. The topological polar surface area (TPSA) is 82.6 Å². The molecule has 0 spiro atoms. The minimum absolute atomic E-state index is 0.0133. The van der Waals surface area contributed by atoms with Crippen LogP contribution >= 0.6 is 0 Å². The van der Waals surface area contributed by atoms with Gasteiger partial charge >= 0.3 is 0 Å². The van der Waals surface area contributed by atoms with Gasteiger partial charge in [0, 0.05) is 63.9 Å². The molecule has 2 unspecified atom stereocenters. The van der Waals surface area contributed by atoms with Crippen molar-refractivity contribution in [3.8, 4) is 5.75 Å². The average molecular weight is 549 g/mol. The molecule has 2 bridgehead atoms. The SMILES string of the molecule is COc1cc(C)c(S(=O)(=O)N(C)CCOCC(=O)N2CCN(C3CC4CCC(C3)N4C3CC3)CC2)c(C)c1. The Hall–Kier alpha value is -1.72. The van der Waals surface area contributed by atoms with Crippen LogP contribution in [-0.4, -0.2) is 118 Å². The molecule has 3 heterocycles. The largest absolute Gasteiger partial charge is 0.497 e. The first-order valence-corrected chi connectivity index (χ1v) is 15.6. The fourth-order valence-corrected chi connectivity index (χ4v) is 8.50. The molecule has 10 heteroatoms. The standard InChI is InChI=1S/C28H44N4O5S/c1-20-15-26(36-4)16-21(2)28(20)38(34,35)29(3)13-14-37-19-27(33)31-11-9-30(10-12-31)25-17-23-7-8-24(18-25)32(23)22-5-6-22/h15-16,22-25H,5-14,17-19H2,1-4H3. The van der Waals surface area contributed by atoms with Crippen LogP contribution in [0.4, 0.5) is 0 Å². The fraction of sp³-hybridized carbons (Fsp3) is 0.750. The van der Waals surface area contributed by atoms with E-state index in [-0.39, 0.29) is 25.7 Å². The van der Waals surface area contributed by atoms with Gasteiger partial charge in [0.05, 0.1) is 18.6 Å². The second-order valence-corrected chi connectivity index (χ2v) is 13.6. The minimum Gasteiger partial charge on any atom is -0.497 e. The maximum absolute atomic E-state index is 13.2. The van der Waals surface area contributed by atoms with Crippen molar-refractivity contribution in [2.45, 2.75) is 81.4 Å². The van der Waals surface area contributed by atoms with Crippen LogP contribution in [0.2, 0.25) is 0 Å². The highest BCUT2D eigenvalue weighted by molar-refractivity contribution is 7.89. The lowest BCUT2D eigenvalue weighted by atomic mass is 9.95. The van der Waals surface area contributed by atoms with E-state index in [4.69, 9.17) is 9.47 Å². The Morgan fingerprint density at radius 3 is 2.08 bits per heavy atom. The van der Waals surface area contributed by atoms with Crippen molar-refractivity contribution in [2.75, 3.05) is 60.1 Å². The summed E-state index contributed by atoms with van der Waals surface area (Å²) in [6, 6.07) is 6.54. The van der Waals surface area contributed by atoms with Crippen molar-refractivity contribution in [3.05, 3.63) is 23.3 Å². The van der Waals surface area contributed by atoms with Crippen LogP contribution in [0, 0.1) is 13.8 Å². The number of carbonyl (C=O) groups is 1. The lowest BCUT2D eigenvalue weighted by molar-refractivity contribution is -0.138. The van der Waals surface area contributed by atoms with E-state index in [2.05, 4.69) is 9.80 Å². The van der Waals surface area contributed by atoms with Gasteiger partial charge in [0.2, 0.25) is 15.9 Å². The summed E-state index contributed by atoms with van der Waals surface area (Å²) in [6.45, 7) is 7.21. The molecule has 3 saturated heterocycles. The van der Waals surface area contributed by atoms with Crippen molar-refractivity contribution in [1.82, 2.24) is 19.0 Å². The maximum atomic E-state index is 13.2. The second-order valence-electron chi connectivity index (χ2n) is 11.6. The number of aryl methyl sites for hydroxylation is 2. The summed E-state index contributed by atoms with van der Waals surface area (Å²) in [6.07, 6.45) is 8.10. The van der Waals surface area contributed by atoms with Crippen molar-refractivity contribution >= 4 is 15.9 Å². The predicted molar refractivity (Wildman–Crippen MR) is 146 cm³/mol. The number of hydrogen-bond acceptors (Lipinski definition) is 7. The van der Waals surface area contributed by atoms with Crippen LogP contribution in [0.15, 0.2) is 17.0 Å². The summed E-state index contributed by atoms with van der Waals surface area (Å²) in [5, 5.41) is 0. The lowest BCUT2D eigenvalue weighted by Gasteiger charge is -2.46. The van der Waals surface area contributed by atoms with E-state index in [9.17, 15) is 13.2 Å². The summed E-state index contributed by atoms with van der Waals surface area (Å²) in [5.74, 6) is 0.621. The van der Waals surface area contributed by atoms with E-state index >= 15 is 0 Å². The Kier molecular flexibility index (Phi) is 8.36. The molecule has 1 amide bonds. The van der Waals surface area contributed by atoms with Gasteiger partial charge in [0.25, 0.3) is 0 Å². The Bertz CT molecular complexity index is 1080. The van der Waals surface area contributed by atoms with E-state index in [1.54, 1.807) is 40.1 Å². The number of ether oxygens (including phenoxy) is 2. The lowest BCUT2D eigenvalue weighted by Crippen LogP contribution is -2.57. The van der Waals surface area contributed by atoms with Gasteiger partial charge < -0.3 is 14.4 Å². The monoisotopic (exact) mass is 548 g/mol. The van der Waals surface area contributed by atoms with E-state index in [1.807, 2.05) is 4.90 Å². The first kappa shape index (κ1) is 27.8. The summed E-state index contributed by atoms with van der Waals surface area (Å²) in [7, 11) is -0.568. The number of likely N-dealkylation sites (N-methyl/N-ethyl adjacent to an activating group) is 1. The third-order valence-electron chi connectivity index (χ3n) is 9.03. The average Bonchev–Trinajstić information content (AvgIpc) is 3.70. The summed E-state index contributed by atoms with van der Waals surface area (Å²) in [5.41, 5.74) is 1.29. The molecule has 3 aliphatic heterocycles. The van der Waals surface area contributed by atoms with Crippen molar-refractivity contribution in [1.29, 1.82) is 0 Å². The van der Waals surface area contributed by atoms with E-state index in [0.717, 1.165) is 44.3 Å².